The summed E-state index contributed by atoms with van der Waals surface area (Å²) >= 11 is 0. The molecule has 0 unspecified atom stereocenters. The van der Waals surface area contributed by atoms with E-state index in [1.54, 1.807) is 0 Å². The maximum Gasteiger partial charge on any atom is 0.0522 e. The van der Waals surface area contributed by atoms with Crippen LogP contribution in [-0.4, -0.2) is 15.8 Å². The molecule has 1 aromatic rings. The van der Waals surface area contributed by atoms with E-state index < -0.39 is 0 Å². The Labute approximate surface area is 85.5 Å². The van der Waals surface area contributed by atoms with Gasteiger partial charge in [0, 0.05) is 25.3 Å². The first-order valence-corrected chi connectivity index (χ1v) is 5.64. The summed E-state index contributed by atoms with van der Waals surface area (Å²) in [5.74, 6) is 0. The number of aryl methyl sites for hydroxylation is 1. The fourth-order valence-electron chi connectivity index (χ4n) is 1.78. The zero-order valence-electron chi connectivity index (χ0n) is 8.87. The number of rotatable bonds is 5. The maximum absolute atomic E-state index is 4.30. The van der Waals surface area contributed by atoms with Crippen molar-refractivity contribution in [3.8, 4) is 0 Å². The van der Waals surface area contributed by atoms with Crippen LogP contribution in [0.1, 0.15) is 38.3 Å². The van der Waals surface area contributed by atoms with Crippen LogP contribution >= 0.6 is 0 Å². The van der Waals surface area contributed by atoms with E-state index in [2.05, 4.69) is 28.1 Å². The molecule has 2 rings (SSSR count). The van der Waals surface area contributed by atoms with E-state index in [1.165, 1.54) is 25.0 Å². The average Bonchev–Trinajstić information content (AvgIpc) is 2.51. The van der Waals surface area contributed by atoms with E-state index in [-0.39, 0.29) is 0 Å². The first kappa shape index (κ1) is 9.71. The maximum atomic E-state index is 4.30. The zero-order valence-corrected chi connectivity index (χ0v) is 8.87. The molecule has 0 amide bonds. The third-order valence-corrected chi connectivity index (χ3v) is 2.92. The van der Waals surface area contributed by atoms with Gasteiger partial charge in [0.05, 0.1) is 5.69 Å². The lowest BCUT2D eigenvalue weighted by atomic mass is 9.93. The normalized spacial score (nSPS) is 16.9. The van der Waals surface area contributed by atoms with Crippen molar-refractivity contribution in [1.82, 2.24) is 15.1 Å². The smallest absolute Gasteiger partial charge is 0.0522 e. The molecule has 3 heteroatoms. The Morgan fingerprint density at radius 3 is 3.07 bits per heavy atom. The summed E-state index contributed by atoms with van der Waals surface area (Å²) in [5.41, 5.74) is 1.32. The first-order valence-electron chi connectivity index (χ1n) is 5.64. The van der Waals surface area contributed by atoms with Gasteiger partial charge in [0.2, 0.25) is 0 Å². The van der Waals surface area contributed by atoms with Crippen molar-refractivity contribution in [3.05, 3.63) is 18.0 Å². The molecule has 1 aromatic heterocycles. The van der Waals surface area contributed by atoms with Gasteiger partial charge in [0.25, 0.3) is 0 Å². The van der Waals surface area contributed by atoms with Gasteiger partial charge in [0.1, 0.15) is 0 Å². The lowest BCUT2D eigenvalue weighted by Crippen LogP contribution is -2.35. The standard InChI is InChI=1S/C11H19N3/c1-2-8-14-11(6-7-13-14)9-12-10-4-3-5-10/h6-7,10,12H,2-5,8-9H2,1H3. The van der Waals surface area contributed by atoms with Gasteiger partial charge in [0.15, 0.2) is 0 Å². The van der Waals surface area contributed by atoms with Gasteiger partial charge < -0.3 is 5.32 Å². The van der Waals surface area contributed by atoms with E-state index in [9.17, 15) is 0 Å². The second kappa shape index (κ2) is 4.60. The van der Waals surface area contributed by atoms with Crippen LogP contribution in [0.15, 0.2) is 12.3 Å². The Morgan fingerprint density at radius 2 is 2.43 bits per heavy atom. The lowest BCUT2D eigenvalue weighted by Gasteiger charge is -2.26. The molecule has 0 bridgehead atoms. The van der Waals surface area contributed by atoms with E-state index in [0.717, 1.165) is 25.6 Å². The number of nitrogens with one attached hydrogen (secondary N) is 1. The summed E-state index contributed by atoms with van der Waals surface area (Å²) in [4.78, 5) is 0. The minimum atomic E-state index is 0.764. The molecule has 1 heterocycles. The summed E-state index contributed by atoms with van der Waals surface area (Å²) in [6.45, 7) is 4.20. The van der Waals surface area contributed by atoms with Crippen LogP contribution in [0.4, 0.5) is 0 Å². The van der Waals surface area contributed by atoms with Gasteiger partial charge in [-0.15, -0.1) is 0 Å². The molecule has 0 spiro atoms. The predicted octanol–water partition coefficient (Wildman–Crippen LogP) is 1.94. The molecule has 1 N–H and O–H groups in total. The molecular weight excluding hydrogens is 174 g/mol. The lowest BCUT2D eigenvalue weighted by molar-refractivity contribution is 0.333. The van der Waals surface area contributed by atoms with Crippen molar-refractivity contribution in [1.29, 1.82) is 0 Å². The number of hydrogen-bond acceptors (Lipinski definition) is 2. The van der Waals surface area contributed by atoms with Gasteiger partial charge in [-0.3, -0.25) is 4.68 Å². The predicted molar refractivity (Wildman–Crippen MR) is 57.0 cm³/mol. The molecule has 1 saturated carbocycles. The molecule has 0 atom stereocenters. The van der Waals surface area contributed by atoms with Crippen molar-refractivity contribution in [3.63, 3.8) is 0 Å². The van der Waals surface area contributed by atoms with Crippen LogP contribution < -0.4 is 5.32 Å². The van der Waals surface area contributed by atoms with E-state index in [0.29, 0.717) is 0 Å². The Hall–Kier alpha value is -0.830. The molecule has 0 saturated heterocycles. The summed E-state index contributed by atoms with van der Waals surface area (Å²) in [6, 6.07) is 2.88. The molecule has 1 aliphatic carbocycles. The Kier molecular flexibility index (Phi) is 3.19. The minimum absolute atomic E-state index is 0.764. The van der Waals surface area contributed by atoms with Gasteiger partial charge in [-0.2, -0.15) is 5.10 Å². The molecule has 1 aliphatic rings. The molecular formula is C11H19N3. The third kappa shape index (κ3) is 2.15. The van der Waals surface area contributed by atoms with Gasteiger partial charge in [-0.1, -0.05) is 13.3 Å². The Morgan fingerprint density at radius 1 is 1.57 bits per heavy atom. The number of aromatic nitrogens is 2. The van der Waals surface area contributed by atoms with Gasteiger partial charge in [-0.25, -0.2) is 0 Å². The zero-order chi connectivity index (χ0) is 9.80. The SMILES string of the molecule is CCCn1nccc1CNC1CCC1. The van der Waals surface area contributed by atoms with Crippen molar-refractivity contribution in [2.45, 2.75) is 51.7 Å². The van der Waals surface area contributed by atoms with E-state index in [4.69, 9.17) is 0 Å². The Bertz CT molecular complexity index is 276. The van der Waals surface area contributed by atoms with Crippen molar-refractivity contribution in [2.24, 2.45) is 0 Å². The number of hydrogen-bond donors (Lipinski definition) is 1. The van der Waals surface area contributed by atoms with Crippen LogP contribution in [0.3, 0.4) is 0 Å². The topological polar surface area (TPSA) is 29.9 Å². The second-order valence-electron chi connectivity index (χ2n) is 4.05. The van der Waals surface area contributed by atoms with Gasteiger partial charge >= 0.3 is 0 Å². The van der Waals surface area contributed by atoms with Crippen LogP contribution in [-0.2, 0) is 13.1 Å². The Balaban J connectivity index is 1.84. The molecule has 0 radical (unpaired) electrons. The van der Waals surface area contributed by atoms with E-state index in [1.807, 2.05) is 6.20 Å². The van der Waals surface area contributed by atoms with Crippen LogP contribution in [0, 0.1) is 0 Å². The highest BCUT2D eigenvalue weighted by molar-refractivity contribution is 5.00. The van der Waals surface area contributed by atoms with Crippen molar-refractivity contribution in [2.75, 3.05) is 0 Å². The number of nitrogens with zero attached hydrogens (tertiary/aromatic N) is 2. The molecule has 1 fully saturated rings. The first-order chi connectivity index (χ1) is 6.90. The fourth-order valence-corrected chi connectivity index (χ4v) is 1.78. The van der Waals surface area contributed by atoms with Crippen LogP contribution in [0.2, 0.25) is 0 Å². The fraction of sp³-hybridized carbons (Fsp3) is 0.727. The summed E-state index contributed by atoms with van der Waals surface area (Å²) in [7, 11) is 0. The summed E-state index contributed by atoms with van der Waals surface area (Å²) in [6.07, 6.45) is 7.14. The van der Waals surface area contributed by atoms with Crippen LogP contribution in [0.5, 0.6) is 0 Å². The van der Waals surface area contributed by atoms with Gasteiger partial charge in [-0.05, 0) is 25.3 Å². The molecule has 14 heavy (non-hydrogen) atoms. The molecule has 0 aromatic carbocycles. The minimum Gasteiger partial charge on any atom is -0.308 e. The summed E-state index contributed by atoms with van der Waals surface area (Å²) < 4.78 is 2.10. The second-order valence-corrected chi connectivity index (χ2v) is 4.05. The molecule has 3 nitrogen and oxygen atoms in total. The average molecular weight is 193 g/mol. The quantitative estimate of drug-likeness (QED) is 0.774. The van der Waals surface area contributed by atoms with Crippen molar-refractivity contribution < 1.29 is 0 Å². The van der Waals surface area contributed by atoms with Crippen LogP contribution in [0.25, 0.3) is 0 Å². The summed E-state index contributed by atoms with van der Waals surface area (Å²) in [5, 5.41) is 7.86. The third-order valence-electron chi connectivity index (χ3n) is 2.92. The van der Waals surface area contributed by atoms with E-state index >= 15 is 0 Å². The highest BCUT2D eigenvalue weighted by atomic mass is 15.3. The monoisotopic (exact) mass is 193 g/mol. The highest BCUT2D eigenvalue weighted by Gasteiger charge is 2.16. The highest BCUT2D eigenvalue weighted by Crippen LogP contribution is 2.18. The largest absolute Gasteiger partial charge is 0.308 e. The molecule has 78 valence electrons. The van der Waals surface area contributed by atoms with Crippen molar-refractivity contribution >= 4 is 0 Å². The molecule has 0 aliphatic heterocycles.